The van der Waals surface area contributed by atoms with Gasteiger partial charge in [0.1, 0.15) is 5.69 Å². The molecule has 1 saturated carbocycles. The van der Waals surface area contributed by atoms with Crippen molar-refractivity contribution in [2.75, 3.05) is 50.8 Å². The Balaban J connectivity index is 0.000000301. The first-order valence-electron chi connectivity index (χ1n) is 14.4. The van der Waals surface area contributed by atoms with Gasteiger partial charge in [-0.15, -0.1) is 0 Å². The number of aryl methyl sites for hydroxylation is 1. The zero-order valence-electron chi connectivity index (χ0n) is 24.1. The summed E-state index contributed by atoms with van der Waals surface area (Å²) < 4.78 is 58.5. The van der Waals surface area contributed by atoms with Gasteiger partial charge in [0.25, 0.3) is 5.78 Å². The number of halogens is 4. The number of carbonyl (C=O) groups is 1. The highest BCUT2D eigenvalue weighted by atomic mass is 19.3. The van der Waals surface area contributed by atoms with E-state index < -0.39 is 11.8 Å². The van der Waals surface area contributed by atoms with Gasteiger partial charge in [0.15, 0.2) is 5.82 Å². The minimum Gasteiger partial charge on any atom is -0.378 e. The molecule has 0 radical (unpaired) electrons. The van der Waals surface area contributed by atoms with Crippen molar-refractivity contribution >= 4 is 17.5 Å². The number of nitrogens with zero attached hydrogens (tertiary/aromatic N) is 6. The first kappa shape index (κ1) is 31.4. The van der Waals surface area contributed by atoms with Crippen LogP contribution in [0.2, 0.25) is 0 Å². The Morgan fingerprint density at radius 3 is 2.66 bits per heavy atom. The normalized spacial score (nSPS) is 22.5. The van der Waals surface area contributed by atoms with Gasteiger partial charge >= 0.3 is 0 Å². The van der Waals surface area contributed by atoms with Gasteiger partial charge in [-0.05, 0) is 32.6 Å². The third kappa shape index (κ3) is 8.48. The molecule has 3 aliphatic rings. The molecule has 41 heavy (non-hydrogen) atoms. The summed E-state index contributed by atoms with van der Waals surface area (Å²) in [5.74, 6) is -4.07. The van der Waals surface area contributed by atoms with Crippen LogP contribution in [0.3, 0.4) is 0 Å². The molecule has 0 bridgehead atoms. The molecule has 2 aromatic heterocycles. The van der Waals surface area contributed by atoms with Gasteiger partial charge in [-0.3, -0.25) is 9.69 Å². The van der Waals surface area contributed by atoms with Crippen LogP contribution >= 0.6 is 0 Å². The van der Waals surface area contributed by atoms with E-state index in [0.717, 1.165) is 57.8 Å². The number of imidazole rings is 1. The van der Waals surface area contributed by atoms with Gasteiger partial charge in [-0.25, -0.2) is 27.1 Å². The fraction of sp³-hybridized carbons (Fsp3) is 0.778. The lowest BCUT2D eigenvalue weighted by molar-refractivity contribution is -0.121. The van der Waals surface area contributed by atoms with Gasteiger partial charge in [0.05, 0.1) is 37.2 Å². The van der Waals surface area contributed by atoms with Crippen molar-refractivity contribution in [3.63, 3.8) is 0 Å². The molecule has 1 aliphatic carbocycles. The summed E-state index contributed by atoms with van der Waals surface area (Å²) in [5, 5.41) is 7.03. The fourth-order valence-electron chi connectivity index (χ4n) is 5.52. The number of amides is 1. The van der Waals surface area contributed by atoms with Crippen LogP contribution in [0, 0.1) is 12.8 Å². The summed E-state index contributed by atoms with van der Waals surface area (Å²) in [6.07, 6.45) is 2.48. The van der Waals surface area contributed by atoms with Crippen molar-refractivity contribution in [3.8, 4) is 0 Å². The number of nitrogens with two attached hydrogens (primary N) is 1. The van der Waals surface area contributed by atoms with E-state index in [1.807, 2.05) is 6.92 Å². The first-order valence-corrected chi connectivity index (χ1v) is 14.4. The van der Waals surface area contributed by atoms with Crippen LogP contribution in [-0.2, 0) is 9.53 Å². The highest BCUT2D eigenvalue weighted by Crippen LogP contribution is 2.40. The van der Waals surface area contributed by atoms with E-state index >= 15 is 0 Å². The van der Waals surface area contributed by atoms with Crippen molar-refractivity contribution < 1.29 is 27.1 Å². The molecule has 10 nitrogen and oxygen atoms in total. The van der Waals surface area contributed by atoms with Crippen LogP contribution in [-0.4, -0.2) is 94.2 Å². The topological polar surface area (TPSA) is 114 Å². The molecule has 5 rings (SSSR count). The number of carbonyl (C=O) groups excluding carboxylic acids is 1. The van der Waals surface area contributed by atoms with Crippen LogP contribution in [0.25, 0.3) is 5.78 Å². The lowest BCUT2D eigenvalue weighted by Gasteiger charge is -2.44. The number of ether oxygens (including phenoxy) is 1. The predicted molar refractivity (Wildman–Crippen MR) is 146 cm³/mol. The molecule has 0 spiro atoms. The Labute approximate surface area is 238 Å². The number of piperazine rings is 1. The fourth-order valence-corrected chi connectivity index (χ4v) is 5.52. The van der Waals surface area contributed by atoms with Crippen LogP contribution in [0.5, 0.6) is 0 Å². The average molecular weight is 587 g/mol. The largest absolute Gasteiger partial charge is 0.378 e. The van der Waals surface area contributed by atoms with Gasteiger partial charge < -0.3 is 20.7 Å². The molecule has 230 valence electrons. The molecular weight excluding hydrogens is 544 g/mol. The SMILES string of the molecule is CCC(=O)NCCC(C)(F)F.Cc1nn2cc(C(N)C3CCC(F)(F)CC3)nc2nc1N1CCN2CCOC[C@@H]2C1. The molecule has 4 heterocycles. The molecule has 3 fully saturated rings. The Kier molecular flexibility index (Phi) is 10.1. The number of nitrogens with one attached hydrogen (secondary N) is 1. The minimum atomic E-state index is -2.68. The first-order chi connectivity index (χ1) is 19.3. The van der Waals surface area contributed by atoms with E-state index in [9.17, 15) is 22.4 Å². The number of anilines is 1. The van der Waals surface area contributed by atoms with E-state index in [1.54, 1.807) is 17.6 Å². The smallest absolute Gasteiger partial charge is 0.252 e. The third-order valence-electron chi connectivity index (χ3n) is 8.03. The van der Waals surface area contributed by atoms with Crippen LogP contribution < -0.4 is 16.0 Å². The average Bonchev–Trinajstić information content (AvgIpc) is 3.34. The zero-order chi connectivity index (χ0) is 29.8. The van der Waals surface area contributed by atoms with Crippen molar-refractivity contribution in [1.29, 1.82) is 0 Å². The lowest BCUT2D eigenvalue weighted by atomic mass is 9.81. The number of aromatic nitrogens is 4. The lowest BCUT2D eigenvalue weighted by Crippen LogP contribution is -2.58. The molecule has 1 amide bonds. The van der Waals surface area contributed by atoms with Gasteiger partial charge in [0, 0.05) is 58.4 Å². The molecule has 2 aromatic rings. The van der Waals surface area contributed by atoms with Crippen molar-refractivity contribution in [2.45, 2.75) is 83.2 Å². The number of fused-ring (bicyclic) bond motifs is 2. The molecule has 14 heteroatoms. The highest BCUT2D eigenvalue weighted by molar-refractivity contribution is 5.75. The summed E-state index contributed by atoms with van der Waals surface area (Å²) in [6, 6.07) is -0.00521. The van der Waals surface area contributed by atoms with Crippen molar-refractivity contribution in [1.82, 2.24) is 29.8 Å². The second-order valence-electron chi connectivity index (χ2n) is 11.4. The predicted octanol–water partition coefficient (Wildman–Crippen LogP) is 3.34. The maximum Gasteiger partial charge on any atom is 0.252 e. The highest BCUT2D eigenvalue weighted by Gasteiger charge is 2.38. The number of hydrogen-bond acceptors (Lipinski definition) is 8. The Hall–Kier alpha value is -2.58. The molecule has 0 aromatic carbocycles. The van der Waals surface area contributed by atoms with Crippen LogP contribution in [0.1, 0.15) is 69.8 Å². The van der Waals surface area contributed by atoms with Gasteiger partial charge in [-0.2, -0.15) is 10.1 Å². The maximum absolute atomic E-state index is 13.5. The van der Waals surface area contributed by atoms with Crippen molar-refractivity contribution in [2.24, 2.45) is 11.7 Å². The zero-order valence-corrected chi connectivity index (χ0v) is 24.1. The third-order valence-corrected chi connectivity index (χ3v) is 8.03. The maximum atomic E-state index is 13.5. The summed E-state index contributed by atoms with van der Waals surface area (Å²) in [6.45, 7) is 9.79. The minimum absolute atomic E-state index is 0.00878. The molecule has 2 atom stereocenters. The Bertz CT molecular complexity index is 1160. The van der Waals surface area contributed by atoms with E-state index in [4.69, 9.17) is 15.5 Å². The van der Waals surface area contributed by atoms with E-state index in [-0.39, 0.29) is 43.7 Å². The molecule has 3 N–H and O–H groups in total. The number of hydrogen-bond donors (Lipinski definition) is 2. The summed E-state index contributed by atoms with van der Waals surface area (Å²) in [7, 11) is 0. The van der Waals surface area contributed by atoms with Gasteiger partial charge in [-0.1, -0.05) is 6.92 Å². The number of alkyl halides is 4. The quantitative estimate of drug-likeness (QED) is 0.475. The standard InChI is InChI=1S/C20H29F2N7O.C7H13F2NO/c1-13-18(28-7-6-27-8-9-30-12-15(27)10-28)25-19-24-16(11-29(19)26-13)17(23)14-2-4-20(21,22)5-3-14;1-3-6(11)10-5-4-7(2,8)9/h11,14-15,17H,2-10,12,23H2,1H3;3-5H2,1-2H3,(H,10,11)/t15-,17?;/m0./s1. The Morgan fingerprint density at radius 1 is 1.24 bits per heavy atom. The van der Waals surface area contributed by atoms with Crippen LogP contribution in [0.15, 0.2) is 6.20 Å². The Morgan fingerprint density at radius 2 is 1.98 bits per heavy atom. The second kappa shape index (κ2) is 13.2. The summed E-state index contributed by atoms with van der Waals surface area (Å²) in [5.41, 5.74) is 7.92. The number of rotatable bonds is 7. The van der Waals surface area contributed by atoms with E-state index in [0.29, 0.717) is 36.8 Å². The molecular formula is C27H42F4N8O2. The molecule has 2 saturated heterocycles. The molecule has 2 aliphatic heterocycles. The van der Waals surface area contributed by atoms with Crippen LogP contribution in [0.4, 0.5) is 23.4 Å². The number of morpholine rings is 1. The summed E-state index contributed by atoms with van der Waals surface area (Å²) in [4.78, 5) is 24.7. The second-order valence-corrected chi connectivity index (χ2v) is 11.4. The van der Waals surface area contributed by atoms with E-state index in [1.165, 1.54) is 0 Å². The van der Waals surface area contributed by atoms with Gasteiger partial charge in [0.2, 0.25) is 17.8 Å². The monoisotopic (exact) mass is 586 g/mol. The van der Waals surface area contributed by atoms with Crippen molar-refractivity contribution in [3.05, 3.63) is 17.6 Å². The molecule has 1 unspecified atom stereocenters. The van der Waals surface area contributed by atoms with E-state index in [2.05, 4.69) is 25.2 Å². The summed E-state index contributed by atoms with van der Waals surface area (Å²) >= 11 is 0.